The van der Waals surface area contributed by atoms with Crippen LogP contribution in [-0.4, -0.2) is 40.7 Å². The second kappa shape index (κ2) is 6.96. The van der Waals surface area contributed by atoms with Gasteiger partial charge in [-0.3, -0.25) is 4.40 Å². The maximum absolute atomic E-state index is 9.36. The Morgan fingerprint density at radius 3 is 2.63 bits per heavy atom. The van der Waals surface area contributed by atoms with Crippen LogP contribution in [0.4, 0.5) is 5.82 Å². The number of nitrogens with zero attached hydrogens (tertiary/aromatic N) is 3. The highest BCUT2D eigenvalue weighted by Gasteiger charge is 2.15. The van der Waals surface area contributed by atoms with Crippen LogP contribution < -0.4 is 10.2 Å². The third-order valence-electron chi connectivity index (χ3n) is 3.18. The summed E-state index contributed by atoms with van der Waals surface area (Å²) in [7, 11) is 0. The Labute approximate surface area is 124 Å². The number of rotatable bonds is 2. The number of hydrogen-bond acceptors (Lipinski definition) is 4. The third-order valence-corrected chi connectivity index (χ3v) is 3.18. The van der Waals surface area contributed by atoms with Gasteiger partial charge in [0.15, 0.2) is 0 Å². The summed E-state index contributed by atoms with van der Waals surface area (Å²) in [6.07, 6.45) is 1.74. The van der Waals surface area contributed by atoms with Crippen molar-refractivity contribution >= 4 is 36.3 Å². The fraction of sp³-hybridized carbons (Fsp3) is 0.417. The number of aliphatic hydroxyl groups excluding tert-OH is 1. The highest BCUT2D eigenvalue weighted by Crippen LogP contribution is 2.19. The van der Waals surface area contributed by atoms with Gasteiger partial charge in [0, 0.05) is 26.2 Å². The summed E-state index contributed by atoms with van der Waals surface area (Å²) in [5, 5.41) is 12.7. The average molecular weight is 305 g/mol. The minimum atomic E-state index is 0. The zero-order chi connectivity index (χ0) is 11.7. The number of piperazine rings is 1. The van der Waals surface area contributed by atoms with E-state index in [1.165, 1.54) is 0 Å². The quantitative estimate of drug-likeness (QED) is 0.872. The first-order chi connectivity index (χ1) is 8.40. The molecule has 5 nitrogen and oxygen atoms in total. The SMILES string of the molecule is Cl.Cl.OCc1cnc2cccc(N3CCNCC3)n12. The van der Waals surface area contributed by atoms with E-state index in [0.717, 1.165) is 43.3 Å². The van der Waals surface area contributed by atoms with Crippen molar-refractivity contribution in [1.29, 1.82) is 0 Å². The number of anilines is 1. The van der Waals surface area contributed by atoms with Gasteiger partial charge < -0.3 is 15.3 Å². The van der Waals surface area contributed by atoms with E-state index in [1.54, 1.807) is 6.20 Å². The Morgan fingerprint density at radius 2 is 1.95 bits per heavy atom. The lowest BCUT2D eigenvalue weighted by atomic mass is 10.3. The molecule has 1 aliphatic rings. The largest absolute Gasteiger partial charge is 0.390 e. The molecule has 7 heteroatoms. The Balaban J connectivity index is 0.000000902. The van der Waals surface area contributed by atoms with Crippen molar-refractivity contribution in [2.24, 2.45) is 0 Å². The number of halogens is 2. The van der Waals surface area contributed by atoms with E-state index in [0.29, 0.717) is 0 Å². The molecule has 0 aliphatic carbocycles. The van der Waals surface area contributed by atoms with Crippen LogP contribution in [0.25, 0.3) is 5.65 Å². The first-order valence-corrected chi connectivity index (χ1v) is 5.92. The van der Waals surface area contributed by atoms with Gasteiger partial charge >= 0.3 is 0 Å². The van der Waals surface area contributed by atoms with Crippen LogP contribution in [0.2, 0.25) is 0 Å². The van der Waals surface area contributed by atoms with Gasteiger partial charge in [0.2, 0.25) is 0 Å². The molecule has 2 aromatic rings. The zero-order valence-corrected chi connectivity index (χ0v) is 12.1. The number of fused-ring (bicyclic) bond motifs is 1. The average Bonchev–Trinajstić information content (AvgIpc) is 2.82. The van der Waals surface area contributed by atoms with E-state index < -0.39 is 0 Å². The molecule has 0 aromatic carbocycles. The molecule has 0 radical (unpaired) electrons. The fourth-order valence-electron chi connectivity index (χ4n) is 2.33. The van der Waals surface area contributed by atoms with E-state index in [2.05, 4.69) is 21.3 Å². The Morgan fingerprint density at radius 1 is 1.21 bits per heavy atom. The molecular weight excluding hydrogens is 287 g/mol. The Kier molecular flexibility index (Phi) is 5.87. The minimum absolute atomic E-state index is 0. The standard InChI is InChI=1S/C12H16N4O.2ClH/c17-9-10-8-14-11-2-1-3-12(16(10)11)15-6-4-13-5-7-15;;/h1-3,8,13,17H,4-7,9H2;2*1H. The van der Waals surface area contributed by atoms with Crippen LogP contribution in [0.3, 0.4) is 0 Å². The topological polar surface area (TPSA) is 52.8 Å². The number of hydrogen-bond donors (Lipinski definition) is 2. The van der Waals surface area contributed by atoms with Crippen molar-refractivity contribution in [2.75, 3.05) is 31.1 Å². The van der Waals surface area contributed by atoms with Crippen molar-refractivity contribution in [3.8, 4) is 0 Å². The van der Waals surface area contributed by atoms with Crippen LogP contribution in [0.15, 0.2) is 24.4 Å². The third kappa shape index (κ3) is 2.95. The monoisotopic (exact) mass is 304 g/mol. The number of aliphatic hydroxyl groups is 1. The van der Waals surface area contributed by atoms with Gasteiger partial charge in [0.1, 0.15) is 11.5 Å². The molecule has 2 aromatic heterocycles. The maximum Gasteiger partial charge on any atom is 0.138 e. The van der Waals surface area contributed by atoms with E-state index in [9.17, 15) is 5.11 Å². The van der Waals surface area contributed by atoms with Crippen molar-refractivity contribution in [3.05, 3.63) is 30.1 Å². The summed E-state index contributed by atoms with van der Waals surface area (Å²) in [4.78, 5) is 6.63. The number of aromatic nitrogens is 2. The molecule has 1 aliphatic heterocycles. The van der Waals surface area contributed by atoms with Crippen molar-refractivity contribution in [1.82, 2.24) is 14.7 Å². The highest BCUT2D eigenvalue weighted by atomic mass is 35.5. The molecule has 106 valence electrons. The van der Waals surface area contributed by atoms with Crippen LogP contribution in [0.5, 0.6) is 0 Å². The predicted octanol–water partition coefficient (Wildman–Crippen LogP) is 1.08. The van der Waals surface area contributed by atoms with Gasteiger partial charge in [0.25, 0.3) is 0 Å². The van der Waals surface area contributed by atoms with Crippen LogP contribution in [0.1, 0.15) is 5.69 Å². The van der Waals surface area contributed by atoms with Crippen LogP contribution in [0, 0.1) is 0 Å². The highest BCUT2D eigenvalue weighted by molar-refractivity contribution is 5.85. The fourth-order valence-corrected chi connectivity index (χ4v) is 2.33. The first kappa shape index (κ1) is 16.0. The first-order valence-electron chi connectivity index (χ1n) is 5.92. The minimum Gasteiger partial charge on any atom is -0.390 e. The normalized spacial score (nSPS) is 14.9. The van der Waals surface area contributed by atoms with E-state index >= 15 is 0 Å². The lowest BCUT2D eigenvalue weighted by Gasteiger charge is -2.30. The molecule has 0 spiro atoms. The molecule has 1 fully saturated rings. The van der Waals surface area contributed by atoms with Gasteiger partial charge in [-0.15, -0.1) is 24.8 Å². The second-order valence-corrected chi connectivity index (χ2v) is 4.22. The molecule has 2 N–H and O–H groups in total. The van der Waals surface area contributed by atoms with Crippen LogP contribution >= 0.6 is 24.8 Å². The molecule has 0 atom stereocenters. The molecule has 0 amide bonds. The summed E-state index contributed by atoms with van der Waals surface area (Å²) < 4.78 is 2.03. The smallest absolute Gasteiger partial charge is 0.138 e. The lowest BCUT2D eigenvalue weighted by Crippen LogP contribution is -2.44. The van der Waals surface area contributed by atoms with E-state index in [-0.39, 0.29) is 31.4 Å². The molecule has 3 heterocycles. The molecule has 3 rings (SSSR count). The van der Waals surface area contributed by atoms with Crippen molar-refractivity contribution < 1.29 is 5.11 Å². The van der Waals surface area contributed by atoms with Crippen LogP contribution in [-0.2, 0) is 6.61 Å². The Bertz CT molecular complexity index is 525. The van der Waals surface area contributed by atoms with E-state index in [4.69, 9.17) is 0 Å². The molecular formula is C12H18Cl2N4O. The number of nitrogens with one attached hydrogen (secondary N) is 1. The zero-order valence-electron chi connectivity index (χ0n) is 10.5. The van der Waals surface area contributed by atoms with Crippen molar-refractivity contribution in [3.63, 3.8) is 0 Å². The summed E-state index contributed by atoms with van der Waals surface area (Å²) in [6, 6.07) is 6.06. The summed E-state index contributed by atoms with van der Waals surface area (Å²) in [5.41, 5.74) is 1.74. The predicted molar refractivity (Wildman–Crippen MR) is 80.7 cm³/mol. The molecule has 0 unspecified atom stereocenters. The summed E-state index contributed by atoms with van der Waals surface area (Å²) in [6.45, 7) is 3.99. The second-order valence-electron chi connectivity index (χ2n) is 4.22. The van der Waals surface area contributed by atoms with Gasteiger partial charge in [-0.2, -0.15) is 0 Å². The number of pyridine rings is 1. The molecule has 0 saturated carbocycles. The lowest BCUT2D eigenvalue weighted by molar-refractivity contribution is 0.276. The molecule has 0 bridgehead atoms. The Hall–Kier alpha value is -1.01. The summed E-state index contributed by atoms with van der Waals surface area (Å²) >= 11 is 0. The summed E-state index contributed by atoms with van der Waals surface area (Å²) in [5.74, 6) is 1.12. The molecule has 19 heavy (non-hydrogen) atoms. The van der Waals surface area contributed by atoms with Gasteiger partial charge in [-0.05, 0) is 12.1 Å². The van der Waals surface area contributed by atoms with Gasteiger partial charge in [0.05, 0.1) is 18.5 Å². The van der Waals surface area contributed by atoms with E-state index in [1.807, 2.05) is 16.5 Å². The maximum atomic E-state index is 9.36. The van der Waals surface area contributed by atoms with Crippen molar-refractivity contribution in [2.45, 2.75) is 6.61 Å². The number of imidazole rings is 1. The van der Waals surface area contributed by atoms with Gasteiger partial charge in [-0.1, -0.05) is 6.07 Å². The molecule has 1 saturated heterocycles. The van der Waals surface area contributed by atoms with Gasteiger partial charge in [-0.25, -0.2) is 4.98 Å².